The second-order valence-electron chi connectivity index (χ2n) is 7.58. The lowest BCUT2D eigenvalue weighted by Crippen LogP contribution is -2.28. The molecule has 168 valence electrons. The zero-order valence-electron chi connectivity index (χ0n) is 17.9. The number of nitrogens with zero attached hydrogens (tertiary/aromatic N) is 3. The van der Waals surface area contributed by atoms with E-state index in [-0.39, 0.29) is 22.7 Å². The van der Waals surface area contributed by atoms with Crippen molar-refractivity contribution in [2.45, 2.75) is 6.92 Å². The molecule has 0 aliphatic carbocycles. The summed E-state index contributed by atoms with van der Waals surface area (Å²) in [7, 11) is 0. The summed E-state index contributed by atoms with van der Waals surface area (Å²) in [5, 5.41) is 30.4. The number of rotatable bonds is 5. The lowest BCUT2D eigenvalue weighted by molar-refractivity contribution is -0.112. The number of phenolic OH excluding ortho intramolecular Hbond substituents is 1. The van der Waals surface area contributed by atoms with Crippen LogP contribution >= 0.6 is 0 Å². The van der Waals surface area contributed by atoms with Crippen LogP contribution in [-0.2, 0) is 4.79 Å². The molecule has 2 heterocycles. The summed E-state index contributed by atoms with van der Waals surface area (Å²) >= 11 is 0. The number of furan rings is 1. The Balaban J connectivity index is 1.42. The van der Waals surface area contributed by atoms with Crippen molar-refractivity contribution in [3.05, 3.63) is 78.4 Å². The number of aromatic carboxylic acids is 1. The number of carbonyl (C=O) groups excluding carboxylic acids is 1. The summed E-state index contributed by atoms with van der Waals surface area (Å²) in [5.41, 5.74) is 4.90. The Morgan fingerprint density at radius 2 is 1.85 bits per heavy atom. The number of para-hydroxylation sites is 2. The van der Waals surface area contributed by atoms with Crippen molar-refractivity contribution in [1.82, 2.24) is 0 Å². The molecule has 3 aromatic carbocycles. The predicted octanol–water partition coefficient (Wildman–Crippen LogP) is 4.69. The second kappa shape index (κ2) is 8.21. The van der Waals surface area contributed by atoms with Gasteiger partial charge in [-0.05, 0) is 49.4 Å². The Labute approximate surface area is 193 Å². The first-order valence-electron chi connectivity index (χ1n) is 10.3. The number of carboxylic acid groups (broad SMARTS) is 1. The van der Waals surface area contributed by atoms with Crippen molar-refractivity contribution in [3.8, 4) is 17.1 Å². The van der Waals surface area contributed by atoms with Crippen molar-refractivity contribution in [3.63, 3.8) is 0 Å². The van der Waals surface area contributed by atoms with E-state index in [1.54, 1.807) is 31.2 Å². The van der Waals surface area contributed by atoms with Crippen LogP contribution in [0.4, 0.5) is 11.4 Å². The van der Waals surface area contributed by atoms with Crippen molar-refractivity contribution in [1.29, 1.82) is 0 Å². The van der Waals surface area contributed by atoms with Crippen LogP contribution in [0, 0.1) is 0 Å². The fourth-order valence-corrected chi connectivity index (χ4v) is 3.64. The fraction of sp³-hybridized carbons (Fsp3) is 0.0400. The quantitative estimate of drug-likeness (QED) is 0.296. The number of carboxylic acids is 1. The molecule has 0 bridgehead atoms. The van der Waals surface area contributed by atoms with Gasteiger partial charge < -0.3 is 14.6 Å². The number of fused-ring (bicyclic) bond motifs is 1. The second-order valence-corrected chi connectivity index (χ2v) is 7.58. The molecule has 0 unspecified atom stereocenters. The Kier molecular flexibility index (Phi) is 5.06. The van der Waals surface area contributed by atoms with Crippen LogP contribution in [0.1, 0.15) is 17.3 Å². The van der Waals surface area contributed by atoms with Crippen LogP contribution in [0.5, 0.6) is 5.75 Å². The molecule has 9 heteroatoms. The van der Waals surface area contributed by atoms with E-state index in [1.807, 2.05) is 30.3 Å². The number of hydrogen-bond donors (Lipinski definition) is 3. The minimum Gasteiger partial charge on any atom is -0.505 e. The van der Waals surface area contributed by atoms with Crippen LogP contribution in [0.25, 0.3) is 22.3 Å². The molecule has 0 atom stereocenters. The van der Waals surface area contributed by atoms with E-state index in [1.165, 1.54) is 18.2 Å². The third-order valence-electron chi connectivity index (χ3n) is 5.34. The van der Waals surface area contributed by atoms with E-state index < -0.39 is 11.9 Å². The number of aromatic hydroxyl groups is 1. The van der Waals surface area contributed by atoms with Crippen LogP contribution in [-0.4, -0.2) is 33.5 Å². The molecule has 9 nitrogen and oxygen atoms in total. The van der Waals surface area contributed by atoms with Gasteiger partial charge in [-0.3, -0.25) is 10.2 Å². The number of nitrogens with one attached hydrogen (secondary N) is 1. The van der Waals surface area contributed by atoms with Gasteiger partial charge in [0, 0.05) is 5.39 Å². The predicted molar refractivity (Wildman–Crippen MR) is 128 cm³/mol. The summed E-state index contributed by atoms with van der Waals surface area (Å²) in [6.07, 6.45) is 0. The summed E-state index contributed by atoms with van der Waals surface area (Å²) in [5.74, 6) is -1.23. The van der Waals surface area contributed by atoms with Gasteiger partial charge in [0.15, 0.2) is 11.5 Å². The first-order valence-corrected chi connectivity index (χ1v) is 10.3. The summed E-state index contributed by atoms with van der Waals surface area (Å²) in [6, 6.07) is 20.3. The third kappa shape index (κ3) is 3.65. The highest BCUT2D eigenvalue weighted by atomic mass is 16.4. The molecule has 34 heavy (non-hydrogen) atoms. The van der Waals surface area contributed by atoms with E-state index in [9.17, 15) is 19.8 Å². The summed E-state index contributed by atoms with van der Waals surface area (Å²) < 4.78 is 5.85. The molecule has 3 N–H and O–H groups in total. The maximum absolute atomic E-state index is 12.9. The minimum absolute atomic E-state index is 0.0361. The van der Waals surface area contributed by atoms with Gasteiger partial charge in [0.25, 0.3) is 0 Å². The molecule has 0 fully saturated rings. The number of phenols is 1. The Morgan fingerprint density at radius 3 is 2.65 bits per heavy atom. The molecule has 0 spiro atoms. The molecule has 0 saturated heterocycles. The maximum atomic E-state index is 12.9. The third-order valence-corrected chi connectivity index (χ3v) is 5.34. The van der Waals surface area contributed by atoms with Crippen LogP contribution < -0.4 is 10.4 Å². The highest BCUT2D eigenvalue weighted by Gasteiger charge is 2.31. The molecule has 1 aromatic heterocycles. The SMILES string of the molecule is CC1=NN(c2cccc(C(=O)O)c2)C(=O)/C1=N\Nc1cccc(-c2cc3ccccc3o2)c1O. The zero-order chi connectivity index (χ0) is 23.8. The molecule has 1 aliphatic rings. The van der Waals surface area contributed by atoms with Gasteiger partial charge in [0.05, 0.1) is 28.2 Å². The molecular weight excluding hydrogens is 436 g/mol. The molecule has 1 aliphatic heterocycles. The van der Waals surface area contributed by atoms with E-state index in [4.69, 9.17) is 4.42 Å². The van der Waals surface area contributed by atoms with E-state index in [0.717, 1.165) is 10.4 Å². The van der Waals surface area contributed by atoms with E-state index in [2.05, 4.69) is 15.6 Å². The van der Waals surface area contributed by atoms with Crippen LogP contribution in [0.15, 0.2) is 87.4 Å². The fourth-order valence-electron chi connectivity index (χ4n) is 3.64. The number of carbonyl (C=O) groups is 2. The molecule has 0 radical (unpaired) electrons. The lowest BCUT2D eigenvalue weighted by atomic mass is 10.1. The van der Waals surface area contributed by atoms with Gasteiger partial charge in [0.1, 0.15) is 11.3 Å². The topological polar surface area (TPSA) is 128 Å². The van der Waals surface area contributed by atoms with Crippen molar-refractivity contribution >= 4 is 45.6 Å². The normalized spacial score (nSPS) is 14.6. The largest absolute Gasteiger partial charge is 0.505 e. The van der Waals surface area contributed by atoms with E-state index >= 15 is 0 Å². The van der Waals surface area contributed by atoms with Gasteiger partial charge >= 0.3 is 11.9 Å². The van der Waals surface area contributed by atoms with Crippen LogP contribution in [0.3, 0.4) is 0 Å². The molecule has 4 aromatic rings. The lowest BCUT2D eigenvalue weighted by Gasteiger charge is -2.12. The highest BCUT2D eigenvalue weighted by Crippen LogP contribution is 2.38. The van der Waals surface area contributed by atoms with Gasteiger partial charge in [-0.25, -0.2) is 4.79 Å². The number of amides is 1. The van der Waals surface area contributed by atoms with Gasteiger partial charge in [-0.1, -0.05) is 30.3 Å². The van der Waals surface area contributed by atoms with Gasteiger partial charge in [-0.15, -0.1) is 0 Å². The Bertz CT molecular complexity index is 1490. The zero-order valence-corrected chi connectivity index (χ0v) is 17.9. The average molecular weight is 454 g/mol. The highest BCUT2D eigenvalue weighted by molar-refractivity contribution is 6.71. The number of hydrazone groups is 2. The Hall–Kier alpha value is -4.92. The van der Waals surface area contributed by atoms with E-state index in [0.29, 0.717) is 28.3 Å². The van der Waals surface area contributed by atoms with Crippen molar-refractivity contribution in [2.24, 2.45) is 10.2 Å². The number of anilines is 2. The smallest absolute Gasteiger partial charge is 0.335 e. The first-order chi connectivity index (χ1) is 16.4. The Morgan fingerprint density at radius 1 is 1.06 bits per heavy atom. The van der Waals surface area contributed by atoms with Gasteiger partial charge in [0.2, 0.25) is 0 Å². The average Bonchev–Trinajstić information content (AvgIpc) is 3.39. The van der Waals surface area contributed by atoms with Crippen LogP contribution in [0.2, 0.25) is 0 Å². The molecule has 0 saturated carbocycles. The molecular formula is C25H18N4O5. The maximum Gasteiger partial charge on any atom is 0.335 e. The minimum atomic E-state index is -1.11. The molecule has 1 amide bonds. The standard InChI is InChI=1S/C25H18N4O5/c1-14-22(24(31)29(28-14)17-8-4-7-16(12-17)25(32)33)27-26-19-10-5-9-18(23(19)30)21-13-15-6-2-3-11-20(15)34-21/h2-13,26,30H,1H3,(H,32,33)/b27-22-. The molecule has 5 rings (SSSR count). The monoisotopic (exact) mass is 454 g/mol. The number of benzene rings is 3. The van der Waals surface area contributed by atoms with Crippen molar-refractivity contribution in [2.75, 3.05) is 10.4 Å². The first kappa shape index (κ1) is 21.0. The van der Waals surface area contributed by atoms with Gasteiger partial charge in [-0.2, -0.15) is 15.2 Å². The number of hydrogen-bond acceptors (Lipinski definition) is 7. The summed E-state index contributed by atoms with van der Waals surface area (Å²) in [4.78, 5) is 24.2. The summed E-state index contributed by atoms with van der Waals surface area (Å²) in [6.45, 7) is 1.62. The van der Waals surface area contributed by atoms with Crippen molar-refractivity contribution < 1.29 is 24.2 Å².